The van der Waals surface area contributed by atoms with E-state index in [1.165, 1.54) is 0 Å². The van der Waals surface area contributed by atoms with Crippen LogP contribution in [0.4, 0.5) is 8.78 Å². The van der Waals surface area contributed by atoms with Crippen molar-refractivity contribution in [2.75, 3.05) is 6.26 Å². The van der Waals surface area contributed by atoms with Gasteiger partial charge < -0.3 is 9.47 Å². The number of rotatable bonds is 3. The highest BCUT2D eigenvalue weighted by Gasteiger charge is 2.65. The maximum atomic E-state index is 14.3. The van der Waals surface area contributed by atoms with Gasteiger partial charge in [0, 0.05) is 23.8 Å². The van der Waals surface area contributed by atoms with Crippen LogP contribution in [0.3, 0.4) is 0 Å². The molecular weight excluding hydrogens is 410 g/mol. The molecule has 2 saturated carbocycles. The van der Waals surface area contributed by atoms with Gasteiger partial charge in [0.2, 0.25) is 15.6 Å². The molecule has 4 nitrogen and oxygen atoms in total. The molecule has 3 fully saturated rings. The van der Waals surface area contributed by atoms with Gasteiger partial charge in [-0.2, -0.15) is 8.78 Å². The number of fused-ring (bicyclic) bond motifs is 10. The van der Waals surface area contributed by atoms with Crippen LogP contribution >= 0.6 is 0 Å². The molecule has 0 N–H and O–H groups in total. The van der Waals surface area contributed by atoms with Crippen molar-refractivity contribution < 1.29 is 26.7 Å². The van der Waals surface area contributed by atoms with E-state index in [1.807, 2.05) is 48.5 Å². The Bertz CT molecular complexity index is 1100. The molecule has 5 atom stereocenters. The molecule has 6 rings (SSSR count). The summed E-state index contributed by atoms with van der Waals surface area (Å²) in [5.74, 6) is -1.40. The van der Waals surface area contributed by atoms with Crippen LogP contribution in [-0.4, -0.2) is 32.1 Å². The van der Waals surface area contributed by atoms with Gasteiger partial charge in [0.15, 0.2) is 0 Å². The maximum Gasteiger partial charge on any atom is 0.345 e. The average Bonchev–Trinajstić information content (AvgIpc) is 3.42. The topological polar surface area (TPSA) is 52.6 Å². The molecule has 1 aliphatic heterocycles. The van der Waals surface area contributed by atoms with Crippen LogP contribution in [0.1, 0.15) is 30.4 Å². The Morgan fingerprint density at radius 2 is 1.53 bits per heavy atom. The van der Waals surface area contributed by atoms with Crippen molar-refractivity contribution in [1.29, 1.82) is 0 Å². The number of hydrogen-bond donors (Lipinski definition) is 0. The van der Waals surface area contributed by atoms with Gasteiger partial charge >= 0.3 is 5.25 Å². The van der Waals surface area contributed by atoms with Crippen LogP contribution in [0.25, 0.3) is 11.1 Å². The van der Waals surface area contributed by atoms with E-state index in [0.717, 1.165) is 28.7 Å². The fourth-order valence-corrected chi connectivity index (χ4v) is 6.73. The van der Waals surface area contributed by atoms with Crippen LogP contribution in [0.2, 0.25) is 0 Å². The van der Waals surface area contributed by atoms with E-state index in [4.69, 9.17) is 9.47 Å². The van der Waals surface area contributed by atoms with E-state index in [9.17, 15) is 17.2 Å². The largest absolute Gasteiger partial charge is 0.345 e. The van der Waals surface area contributed by atoms with Crippen molar-refractivity contribution in [3.05, 3.63) is 59.7 Å². The van der Waals surface area contributed by atoms with Gasteiger partial charge in [0.25, 0.3) is 0 Å². The summed E-state index contributed by atoms with van der Waals surface area (Å²) < 4.78 is 64.9. The summed E-state index contributed by atoms with van der Waals surface area (Å²) >= 11 is 0. The lowest BCUT2D eigenvalue weighted by atomic mass is 9.83. The zero-order valence-corrected chi connectivity index (χ0v) is 17.2. The smallest absolute Gasteiger partial charge is 0.336 e. The lowest BCUT2D eigenvalue weighted by Crippen LogP contribution is -2.39. The van der Waals surface area contributed by atoms with Crippen molar-refractivity contribution in [2.45, 2.75) is 42.5 Å². The molecule has 5 unspecified atom stereocenters. The molecule has 158 valence electrons. The zero-order chi connectivity index (χ0) is 20.9. The van der Waals surface area contributed by atoms with Crippen LogP contribution in [0.15, 0.2) is 48.5 Å². The Labute approximate surface area is 174 Å². The molecule has 30 heavy (non-hydrogen) atoms. The molecule has 3 aliphatic carbocycles. The van der Waals surface area contributed by atoms with Gasteiger partial charge in [-0.3, -0.25) is 0 Å². The first-order chi connectivity index (χ1) is 14.2. The lowest BCUT2D eigenvalue weighted by Gasteiger charge is -2.31. The average molecular weight is 432 g/mol. The second-order valence-corrected chi connectivity index (χ2v) is 11.3. The van der Waals surface area contributed by atoms with Gasteiger partial charge in [-0.25, -0.2) is 8.42 Å². The Kier molecular flexibility index (Phi) is 3.72. The lowest BCUT2D eigenvalue weighted by molar-refractivity contribution is -0.159. The minimum atomic E-state index is -4.44. The summed E-state index contributed by atoms with van der Waals surface area (Å²) in [6.45, 7) is 0. The van der Waals surface area contributed by atoms with Crippen LogP contribution in [0.5, 0.6) is 0 Å². The molecule has 7 heteroatoms. The van der Waals surface area contributed by atoms with E-state index in [1.54, 1.807) is 0 Å². The highest BCUT2D eigenvalue weighted by molar-refractivity contribution is 7.91. The third kappa shape index (κ3) is 2.34. The van der Waals surface area contributed by atoms with Crippen LogP contribution < -0.4 is 0 Å². The molecule has 0 amide bonds. The fourth-order valence-electron chi connectivity index (χ4n) is 6.21. The Morgan fingerprint density at radius 1 is 0.967 bits per heavy atom. The SMILES string of the molecule is CS(=O)(=O)C(F)(F)CC1CC2CC1C1OC3(OC21)c1ccccc1-c1ccccc13. The first kappa shape index (κ1) is 18.9. The van der Waals surface area contributed by atoms with Crippen LogP contribution in [-0.2, 0) is 25.1 Å². The van der Waals surface area contributed by atoms with E-state index in [0.29, 0.717) is 12.7 Å². The Balaban J connectivity index is 1.36. The van der Waals surface area contributed by atoms with Crippen molar-refractivity contribution in [1.82, 2.24) is 0 Å². The minimum absolute atomic E-state index is 0.111. The molecule has 1 spiro atoms. The van der Waals surface area contributed by atoms with Gasteiger partial charge in [0.1, 0.15) is 0 Å². The molecule has 0 aromatic heterocycles. The Morgan fingerprint density at radius 3 is 2.13 bits per heavy atom. The molecule has 1 heterocycles. The third-order valence-corrected chi connectivity index (χ3v) is 8.75. The summed E-state index contributed by atoms with van der Waals surface area (Å²) in [4.78, 5) is 0. The standard InChI is InChI=1S/C23H22F2O4S/c1-30(26,27)22(24,25)12-14-10-13-11-17(14)21-20(13)28-23(29-21)18-8-4-2-6-15(18)16-7-3-5-9-19(16)23/h2-9,13-14,17,20-21H,10-12H2,1H3. The number of ether oxygens (including phenoxy) is 2. The second-order valence-electron chi connectivity index (χ2n) is 9.14. The van der Waals surface area contributed by atoms with Crippen molar-refractivity contribution in [2.24, 2.45) is 17.8 Å². The van der Waals surface area contributed by atoms with E-state index < -0.39 is 27.3 Å². The highest BCUT2D eigenvalue weighted by atomic mass is 32.2. The zero-order valence-electron chi connectivity index (χ0n) is 16.4. The van der Waals surface area contributed by atoms with E-state index in [2.05, 4.69) is 0 Å². The fraction of sp³-hybridized carbons (Fsp3) is 0.478. The number of alkyl halides is 2. The summed E-state index contributed by atoms with van der Waals surface area (Å²) in [6.07, 6.45) is 0.818. The molecule has 1 saturated heterocycles. The molecular formula is C23H22F2O4S. The Hall–Kier alpha value is -1.83. The predicted octanol–water partition coefficient (Wildman–Crippen LogP) is 4.34. The summed E-state index contributed by atoms with van der Waals surface area (Å²) in [5, 5.41) is -3.71. The molecule has 0 radical (unpaired) electrons. The normalized spacial score (nSPS) is 33.0. The van der Waals surface area contributed by atoms with E-state index in [-0.39, 0.29) is 30.0 Å². The van der Waals surface area contributed by atoms with Crippen LogP contribution in [0, 0.1) is 17.8 Å². The van der Waals surface area contributed by atoms with Gasteiger partial charge in [-0.1, -0.05) is 48.5 Å². The van der Waals surface area contributed by atoms with Gasteiger partial charge in [-0.05, 0) is 41.7 Å². The third-order valence-electron chi connectivity index (χ3n) is 7.50. The van der Waals surface area contributed by atoms with Gasteiger partial charge in [-0.15, -0.1) is 0 Å². The van der Waals surface area contributed by atoms with Crippen molar-refractivity contribution in [3.63, 3.8) is 0 Å². The number of benzene rings is 2. The summed E-state index contributed by atoms with van der Waals surface area (Å²) in [6, 6.07) is 16.0. The number of halogens is 2. The maximum absolute atomic E-state index is 14.3. The predicted molar refractivity (Wildman–Crippen MR) is 107 cm³/mol. The molecule has 2 bridgehead atoms. The quantitative estimate of drug-likeness (QED) is 0.724. The first-order valence-corrected chi connectivity index (χ1v) is 12.2. The first-order valence-electron chi connectivity index (χ1n) is 10.3. The molecule has 4 aliphatic rings. The van der Waals surface area contributed by atoms with Crippen molar-refractivity contribution in [3.8, 4) is 11.1 Å². The monoisotopic (exact) mass is 432 g/mol. The number of hydrogen-bond acceptors (Lipinski definition) is 4. The van der Waals surface area contributed by atoms with Gasteiger partial charge in [0.05, 0.1) is 12.2 Å². The molecule has 2 aromatic carbocycles. The summed E-state index contributed by atoms with van der Waals surface area (Å²) in [7, 11) is -4.44. The summed E-state index contributed by atoms with van der Waals surface area (Å²) in [5.41, 5.74) is 4.05. The highest BCUT2D eigenvalue weighted by Crippen LogP contribution is 2.63. The minimum Gasteiger partial charge on any atom is -0.336 e. The second kappa shape index (κ2) is 5.90. The number of sulfone groups is 1. The van der Waals surface area contributed by atoms with Crippen molar-refractivity contribution >= 4 is 9.84 Å². The molecule has 2 aromatic rings. The van der Waals surface area contributed by atoms with E-state index >= 15 is 0 Å².